The lowest BCUT2D eigenvalue weighted by molar-refractivity contribution is -0.139. The van der Waals surface area contributed by atoms with Crippen LogP contribution in [-0.4, -0.2) is 45.7 Å². The van der Waals surface area contributed by atoms with Crippen molar-refractivity contribution in [2.45, 2.75) is 30.3 Å². The predicted molar refractivity (Wildman–Crippen MR) is 80.7 cm³/mol. The third-order valence-electron chi connectivity index (χ3n) is 4.04. The van der Waals surface area contributed by atoms with E-state index in [-0.39, 0.29) is 4.87 Å². The molecule has 1 aromatic rings. The van der Waals surface area contributed by atoms with Crippen molar-refractivity contribution in [2.24, 2.45) is 0 Å². The van der Waals surface area contributed by atoms with Crippen molar-refractivity contribution < 1.29 is 9.90 Å². The maximum Gasteiger partial charge on any atom is 0.321 e. The van der Waals surface area contributed by atoms with Gasteiger partial charge in [-0.3, -0.25) is 15.0 Å². The second-order valence-corrected chi connectivity index (χ2v) is 7.04. The number of benzene rings is 1. The molecule has 0 radical (unpaired) electrons. The largest absolute Gasteiger partial charge is 0.480 e. The average molecular weight is 292 g/mol. The van der Waals surface area contributed by atoms with E-state index in [1.54, 1.807) is 11.8 Å². The molecule has 108 valence electrons. The lowest BCUT2D eigenvalue weighted by Gasteiger charge is -2.40. The molecule has 3 rings (SSSR count). The van der Waals surface area contributed by atoms with Crippen LogP contribution in [0, 0.1) is 0 Å². The van der Waals surface area contributed by atoms with Crippen molar-refractivity contribution in [3.05, 3.63) is 35.9 Å². The van der Waals surface area contributed by atoms with Gasteiger partial charge >= 0.3 is 5.97 Å². The van der Waals surface area contributed by atoms with Gasteiger partial charge in [0, 0.05) is 18.8 Å². The van der Waals surface area contributed by atoms with E-state index in [1.807, 2.05) is 6.07 Å². The Morgan fingerprint density at radius 3 is 2.95 bits per heavy atom. The molecular formula is C15H20N2O2S. The molecule has 0 saturated carbocycles. The molecule has 2 fully saturated rings. The number of carbonyl (C=O) groups is 1. The van der Waals surface area contributed by atoms with E-state index in [4.69, 9.17) is 5.11 Å². The summed E-state index contributed by atoms with van der Waals surface area (Å²) in [6.45, 7) is 2.97. The first kappa shape index (κ1) is 13.9. The van der Waals surface area contributed by atoms with Crippen LogP contribution in [0.5, 0.6) is 0 Å². The summed E-state index contributed by atoms with van der Waals surface area (Å²) < 4.78 is 0. The van der Waals surface area contributed by atoms with Gasteiger partial charge < -0.3 is 5.11 Å². The molecule has 5 heteroatoms. The highest BCUT2D eigenvalue weighted by Gasteiger charge is 2.44. The molecule has 1 unspecified atom stereocenters. The summed E-state index contributed by atoms with van der Waals surface area (Å²) in [6.07, 6.45) is 2.19. The van der Waals surface area contributed by atoms with E-state index in [1.165, 1.54) is 5.56 Å². The van der Waals surface area contributed by atoms with Gasteiger partial charge in [0.1, 0.15) is 6.04 Å². The van der Waals surface area contributed by atoms with Crippen molar-refractivity contribution in [3.8, 4) is 0 Å². The molecule has 4 nitrogen and oxygen atoms in total. The summed E-state index contributed by atoms with van der Waals surface area (Å²) in [4.78, 5) is 13.5. The Bertz CT molecular complexity index is 482. The van der Waals surface area contributed by atoms with Crippen LogP contribution < -0.4 is 5.32 Å². The summed E-state index contributed by atoms with van der Waals surface area (Å²) in [5.41, 5.74) is 1.32. The van der Waals surface area contributed by atoms with Gasteiger partial charge in [0.05, 0.1) is 4.87 Å². The number of carboxylic acid groups (broad SMARTS) is 1. The number of rotatable bonds is 3. The fraction of sp³-hybridized carbons (Fsp3) is 0.533. The van der Waals surface area contributed by atoms with Gasteiger partial charge in [0.2, 0.25) is 0 Å². The van der Waals surface area contributed by atoms with Crippen LogP contribution in [0.2, 0.25) is 0 Å². The fourth-order valence-electron chi connectivity index (χ4n) is 3.10. The minimum absolute atomic E-state index is 0.0594. The first-order chi connectivity index (χ1) is 9.67. The third kappa shape index (κ3) is 3.00. The minimum atomic E-state index is -0.727. The Balaban J connectivity index is 1.64. The number of piperidine rings is 1. The van der Waals surface area contributed by atoms with Crippen LogP contribution in [0.1, 0.15) is 18.4 Å². The molecule has 2 atom stereocenters. The molecule has 20 heavy (non-hydrogen) atoms. The second-order valence-electron chi connectivity index (χ2n) is 5.64. The van der Waals surface area contributed by atoms with Crippen LogP contribution in [-0.2, 0) is 11.3 Å². The molecule has 2 aliphatic rings. The molecule has 2 heterocycles. The summed E-state index contributed by atoms with van der Waals surface area (Å²) >= 11 is 1.78. The molecule has 2 N–H and O–H groups in total. The molecule has 2 saturated heterocycles. The summed E-state index contributed by atoms with van der Waals surface area (Å²) in [7, 11) is 0. The summed E-state index contributed by atoms with van der Waals surface area (Å²) in [5.74, 6) is -0.0522. The van der Waals surface area contributed by atoms with E-state index in [0.717, 1.165) is 32.5 Å². The lowest BCUT2D eigenvalue weighted by atomic mass is 10.0. The highest BCUT2D eigenvalue weighted by Crippen LogP contribution is 2.38. The van der Waals surface area contributed by atoms with Crippen LogP contribution in [0.4, 0.5) is 0 Å². The minimum Gasteiger partial charge on any atom is -0.480 e. The van der Waals surface area contributed by atoms with E-state index >= 15 is 0 Å². The second kappa shape index (κ2) is 5.76. The average Bonchev–Trinajstić information content (AvgIpc) is 2.84. The number of hydrogen-bond acceptors (Lipinski definition) is 4. The first-order valence-corrected chi connectivity index (χ1v) is 8.06. The summed E-state index contributed by atoms with van der Waals surface area (Å²) in [6, 6.07) is 10.1. The number of nitrogens with one attached hydrogen (secondary N) is 1. The Morgan fingerprint density at radius 2 is 2.25 bits per heavy atom. The number of aliphatic carboxylic acids is 1. The topological polar surface area (TPSA) is 52.6 Å². The highest BCUT2D eigenvalue weighted by molar-refractivity contribution is 8.01. The van der Waals surface area contributed by atoms with Crippen molar-refractivity contribution in [3.63, 3.8) is 0 Å². The third-order valence-corrected chi connectivity index (χ3v) is 5.55. The monoisotopic (exact) mass is 292 g/mol. The molecule has 1 aromatic carbocycles. The molecule has 0 amide bonds. The number of hydrogen-bond donors (Lipinski definition) is 2. The smallest absolute Gasteiger partial charge is 0.321 e. The van der Waals surface area contributed by atoms with Crippen molar-refractivity contribution in [2.75, 3.05) is 18.8 Å². The molecule has 0 aliphatic carbocycles. The van der Waals surface area contributed by atoms with Gasteiger partial charge in [-0.25, -0.2) is 0 Å². The summed E-state index contributed by atoms with van der Waals surface area (Å²) in [5, 5.41) is 12.5. The van der Waals surface area contributed by atoms with Crippen molar-refractivity contribution >= 4 is 17.7 Å². The van der Waals surface area contributed by atoms with Crippen LogP contribution in [0.15, 0.2) is 30.3 Å². The highest BCUT2D eigenvalue weighted by atomic mass is 32.2. The number of nitrogens with zero attached hydrogens (tertiary/aromatic N) is 1. The van der Waals surface area contributed by atoms with E-state index < -0.39 is 12.0 Å². The van der Waals surface area contributed by atoms with Gasteiger partial charge in [-0.1, -0.05) is 30.3 Å². The van der Waals surface area contributed by atoms with Gasteiger partial charge in [0.25, 0.3) is 0 Å². The molecule has 0 bridgehead atoms. The van der Waals surface area contributed by atoms with E-state index in [0.29, 0.717) is 5.75 Å². The number of likely N-dealkylation sites (tertiary alicyclic amines) is 1. The zero-order chi connectivity index (χ0) is 14.0. The lowest BCUT2D eigenvalue weighted by Crippen LogP contribution is -2.54. The number of carboxylic acids is 1. The maximum atomic E-state index is 11.1. The molecule has 1 spiro atoms. The Morgan fingerprint density at radius 1 is 1.45 bits per heavy atom. The van der Waals surface area contributed by atoms with Crippen molar-refractivity contribution in [1.82, 2.24) is 10.2 Å². The van der Waals surface area contributed by atoms with Gasteiger partial charge in [-0.15, -0.1) is 11.8 Å². The Kier molecular flexibility index (Phi) is 4.01. The fourth-order valence-corrected chi connectivity index (χ4v) is 4.60. The van der Waals surface area contributed by atoms with Gasteiger partial charge in [-0.2, -0.15) is 0 Å². The molecule has 2 aliphatic heterocycles. The quantitative estimate of drug-likeness (QED) is 0.889. The van der Waals surface area contributed by atoms with Gasteiger partial charge in [-0.05, 0) is 24.9 Å². The van der Waals surface area contributed by atoms with Gasteiger partial charge in [0.15, 0.2) is 0 Å². The molecule has 0 aromatic heterocycles. The standard InChI is InChI=1S/C15H20N2O2S/c18-14(19)13-10-20-15(16-13)7-4-8-17(11-15)9-12-5-2-1-3-6-12/h1-3,5-6,13,16H,4,7-11H2,(H,18,19)/t13-,15?/m1/s1. The maximum absolute atomic E-state index is 11.1. The predicted octanol–water partition coefficient (Wildman–Crippen LogP) is 1.77. The number of thioether (sulfide) groups is 1. The SMILES string of the molecule is O=C(O)[C@H]1CSC2(CCCN(Cc3ccccc3)C2)N1. The normalized spacial score (nSPS) is 30.7. The zero-order valence-electron chi connectivity index (χ0n) is 11.4. The van der Waals surface area contributed by atoms with Crippen LogP contribution in [0.3, 0.4) is 0 Å². The van der Waals surface area contributed by atoms with Crippen molar-refractivity contribution in [1.29, 1.82) is 0 Å². The zero-order valence-corrected chi connectivity index (χ0v) is 12.2. The molecular weight excluding hydrogens is 272 g/mol. The van der Waals surface area contributed by atoms with Crippen LogP contribution >= 0.6 is 11.8 Å². The van der Waals surface area contributed by atoms with Crippen LogP contribution in [0.25, 0.3) is 0 Å². The van der Waals surface area contributed by atoms with E-state index in [9.17, 15) is 4.79 Å². The Labute approximate surface area is 123 Å². The Hall–Kier alpha value is -1.04. The van der Waals surface area contributed by atoms with E-state index in [2.05, 4.69) is 34.5 Å². The first-order valence-electron chi connectivity index (χ1n) is 7.08.